The van der Waals surface area contributed by atoms with E-state index < -0.39 is 17.2 Å². The highest BCUT2D eigenvalue weighted by atomic mass is 16.5. The first-order valence-electron chi connectivity index (χ1n) is 9.23. The van der Waals surface area contributed by atoms with Gasteiger partial charge in [-0.3, -0.25) is 19.1 Å². The van der Waals surface area contributed by atoms with Gasteiger partial charge in [-0.2, -0.15) is 0 Å². The third-order valence-electron chi connectivity index (χ3n) is 4.52. The van der Waals surface area contributed by atoms with Crippen molar-refractivity contribution in [3.8, 4) is 0 Å². The van der Waals surface area contributed by atoms with E-state index in [1.54, 1.807) is 18.2 Å². The predicted molar refractivity (Wildman–Crippen MR) is 108 cm³/mol. The number of carbonyl (C=O) groups is 1. The average Bonchev–Trinajstić information content (AvgIpc) is 3.10. The van der Waals surface area contributed by atoms with Crippen molar-refractivity contribution in [2.75, 3.05) is 30.9 Å². The van der Waals surface area contributed by atoms with Crippen molar-refractivity contribution in [3.05, 3.63) is 50.8 Å². The van der Waals surface area contributed by atoms with Crippen LogP contribution < -0.4 is 21.9 Å². The van der Waals surface area contributed by atoms with Crippen LogP contribution in [0.2, 0.25) is 0 Å². The zero-order valence-electron chi connectivity index (χ0n) is 16.3. The topological polar surface area (TPSA) is 136 Å². The molecule has 1 amide bonds. The molecule has 2 heterocycles. The molecule has 10 heteroatoms. The Balaban J connectivity index is 2.02. The number of ether oxygens (including phenoxy) is 1. The Morgan fingerprint density at radius 3 is 2.83 bits per heavy atom. The molecule has 0 saturated heterocycles. The fourth-order valence-corrected chi connectivity index (χ4v) is 3.13. The zero-order valence-corrected chi connectivity index (χ0v) is 16.3. The summed E-state index contributed by atoms with van der Waals surface area (Å²) in [5.74, 6) is -0.477. The third-order valence-corrected chi connectivity index (χ3v) is 4.52. The Morgan fingerprint density at radius 2 is 2.10 bits per heavy atom. The number of nitrogen functional groups attached to an aromatic ring is 1. The molecule has 0 aliphatic heterocycles. The summed E-state index contributed by atoms with van der Waals surface area (Å²) in [4.78, 5) is 41.2. The number of benzene rings is 1. The molecule has 3 N–H and O–H groups in total. The van der Waals surface area contributed by atoms with E-state index in [9.17, 15) is 14.4 Å². The van der Waals surface area contributed by atoms with E-state index in [2.05, 4.69) is 10.1 Å². The average molecular weight is 401 g/mol. The molecule has 0 radical (unpaired) electrons. The van der Waals surface area contributed by atoms with Gasteiger partial charge in [0.2, 0.25) is 5.91 Å². The van der Waals surface area contributed by atoms with Crippen LogP contribution in [-0.2, 0) is 22.5 Å². The van der Waals surface area contributed by atoms with E-state index in [4.69, 9.17) is 15.0 Å². The molecule has 3 rings (SSSR count). The van der Waals surface area contributed by atoms with Crippen LogP contribution in [-0.4, -0.2) is 40.9 Å². The van der Waals surface area contributed by atoms with Crippen molar-refractivity contribution >= 4 is 28.4 Å². The van der Waals surface area contributed by atoms with Crippen LogP contribution in [0, 0.1) is 0 Å². The van der Waals surface area contributed by atoms with E-state index in [0.717, 1.165) is 0 Å². The van der Waals surface area contributed by atoms with Gasteiger partial charge in [0.25, 0.3) is 5.56 Å². The molecule has 10 nitrogen and oxygen atoms in total. The summed E-state index contributed by atoms with van der Waals surface area (Å²) < 4.78 is 11.6. The number of nitrogens with one attached hydrogen (secondary N) is 1. The van der Waals surface area contributed by atoms with Crippen molar-refractivity contribution in [2.24, 2.45) is 0 Å². The van der Waals surface area contributed by atoms with Crippen LogP contribution in [0.3, 0.4) is 0 Å². The summed E-state index contributed by atoms with van der Waals surface area (Å²) in [6, 6.07) is 7.18. The minimum absolute atomic E-state index is 0.0601. The van der Waals surface area contributed by atoms with Crippen LogP contribution in [0.5, 0.6) is 0 Å². The van der Waals surface area contributed by atoms with Crippen LogP contribution in [0.25, 0.3) is 11.0 Å². The number of hydrogen-bond donors (Lipinski definition) is 2. The molecular weight excluding hydrogens is 378 g/mol. The summed E-state index contributed by atoms with van der Waals surface area (Å²) >= 11 is 0. The number of nitrogens with two attached hydrogens (primary N) is 1. The number of anilines is 2. The van der Waals surface area contributed by atoms with Gasteiger partial charge in [0.1, 0.15) is 11.5 Å². The van der Waals surface area contributed by atoms with Crippen LogP contribution in [0.1, 0.15) is 19.0 Å². The molecule has 0 unspecified atom stereocenters. The highest BCUT2D eigenvalue weighted by molar-refractivity contribution is 5.98. The highest BCUT2D eigenvalue weighted by Crippen LogP contribution is 2.21. The Morgan fingerprint density at radius 1 is 1.34 bits per heavy atom. The Bertz CT molecular complexity index is 1130. The molecule has 1 aromatic carbocycles. The number of carbonyl (C=O) groups excluding carboxylic acids is 1. The maximum Gasteiger partial charge on any atom is 0.330 e. The molecule has 0 saturated carbocycles. The van der Waals surface area contributed by atoms with Gasteiger partial charge < -0.3 is 19.9 Å². The van der Waals surface area contributed by atoms with Gasteiger partial charge in [-0.15, -0.1) is 0 Å². The van der Waals surface area contributed by atoms with E-state index in [-0.39, 0.29) is 31.1 Å². The maximum atomic E-state index is 13.1. The van der Waals surface area contributed by atoms with Gasteiger partial charge in [-0.1, -0.05) is 24.2 Å². The fraction of sp³-hybridized carbons (Fsp3) is 0.368. The number of methoxy groups -OCH3 is 1. The fourth-order valence-electron chi connectivity index (χ4n) is 3.13. The van der Waals surface area contributed by atoms with Crippen LogP contribution >= 0.6 is 0 Å². The third kappa shape index (κ3) is 4.06. The number of hydrogen-bond acceptors (Lipinski definition) is 7. The lowest BCUT2D eigenvalue weighted by atomic mass is 10.1. The monoisotopic (exact) mass is 401 g/mol. The number of amides is 1. The smallest absolute Gasteiger partial charge is 0.330 e. The minimum atomic E-state index is -0.727. The lowest BCUT2D eigenvalue weighted by Gasteiger charge is -2.24. The molecule has 0 fully saturated rings. The van der Waals surface area contributed by atoms with Crippen molar-refractivity contribution in [2.45, 2.75) is 26.3 Å². The number of nitrogens with zero attached hydrogens (tertiary/aromatic N) is 3. The molecule has 3 aromatic rings. The highest BCUT2D eigenvalue weighted by Gasteiger charge is 2.25. The van der Waals surface area contributed by atoms with E-state index in [1.165, 1.54) is 16.6 Å². The first-order chi connectivity index (χ1) is 14.0. The normalized spacial score (nSPS) is 11.1. The molecule has 0 atom stereocenters. The zero-order chi connectivity index (χ0) is 21.0. The van der Waals surface area contributed by atoms with Crippen molar-refractivity contribution in [1.82, 2.24) is 14.7 Å². The van der Waals surface area contributed by atoms with E-state index in [0.29, 0.717) is 29.6 Å². The van der Waals surface area contributed by atoms with Gasteiger partial charge in [0.15, 0.2) is 11.3 Å². The molecule has 29 heavy (non-hydrogen) atoms. The van der Waals surface area contributed by atoms with Gasteiger partial charge in [0, 0.05) is 25.6 Å². The SMILES string of the molecule is CCCn1c(N)c(N(CCOC)C(=O)Cc2noc3ccccc23)c(=O)[nH]c1=O. The maximum absolute atomic E-state index is 13.1. The molecule has 0 spiro atoms. The second-order valence-corrected chi connectivity index (χ2v) is 6.49. The van der Waals surface area contributed by atoms with Gasteiger partial charge >= 0.3 is 5.69 Å². The first-order valence-corrected chi connectivity index (χ1v) is 9.23. The number of H-pyrrole nitrogens is 1. The molecule has 0 bridgehead atoms. The van der Waals surface area contributed by atoms with Gasteiger partial charge in [0.05, 0.1) is 13.0 Å². The minimum Gasteiger partial charge on any atom is -0.383 e. The summed E-state index contributed by atoms with van der Waals surface area (Å²) in [6.45, 7) is 2.45. The number of aromatic amines is 1. The standard InChI is InChI=1S/C19H23N5O5/c1-3-8-24-17(20)16(18(26)21-19(24)27)23(9-10-28-2)15(25)11-13-12-6-4-5-7-14(12)29-22-13/h4-7H,3,8-11,20H2,1-2H3,(H,21,26,27). The lowest BCUT2D eigenvalue weighted by molar-refractivity contribution is -0.118. The summed E-state index contributed by atoms with van der Waals surface area (Å²) in [5, 5.41) is 4.68. The largest absolute Gasteiger partial charge is 0.383 e. The second-order valence-electron chi connectivity index (χ2n) is 6.49. The van der Waals surface area contributed by atoms with Gasteiger partial charge in [-0.05, 0) is 18.6 Å². The number of aromatic nitrogens is 3. The predicted octanol–water partition coefficient (Wildman–Crippen LogP) is 0.892. The summed E-state index contributed by atoms with van der Waals surface area (Å²) in [7, 11) is 1.49. The van der Waals surface area contributed by atoms with E-state index in [1.807, 2.05) is 13.0 Å². The molecular formula is C19H23N5O5. The second kappa shape index (κ2) is 8.74. The molecule has 0 aliphatic rings. The lowest BCUT2D eigenvalue weighted by Crippen LogP contribution is -2.43. The Hall–Kier alpha value is -3.40. The van der Waals surface area contributed by atoms with E-state index >= 15 is 0 Å². The first kappa shape index (κ1) is 20.3. The summed E-state index contributed by atoms with van der Waals surface area (Å²) in [6.07, 6.45) is 0.527. The summed E-state index contributed by atoms with van der Waals surface area (Å²) in [5.41, 5.74) is 5.72. The number of rotatable bonds is 8. The molecule has 0 aliphatic carbocycles. The Kier molecular flexibility index (Phi) is 6.13. The van der Waals surface area contributed by atoms with Crippen molar-refractivity contribution < 1.29 is 14.1 Å². The van der Waals surface area contributed by atoms with Gasteiger partial charge in [-0.25, -0.2) is 4.79 Å². The van der Waals surface area contributed by atoms with Crippen LogP contribution in [0.4, 0.5) is 11.5 Å². The quantitative estimate of drug-likeness (QED) is 0.572. The molecule has 154 valence electrons. The number of fused-ring (bicyclic) bond motifs is 1. The number of para-hydroxylation sites is 1. The Labute approximate surface area is 165 Å². The van der Waals surface area contributed by atoms with Crippen molar-refractivity contribution in [1.29, 1.82) is 0 Å². The van der Waals surface area contributed by atoms with Crippen LogP contribution in [0.15, 0.2) is 38.4 Å². The molecule has 2 aromatic heterocycles. The van der Waals surface area contributed by atoms with Crippen molar-refractivity contribution in [3.63, 3.8) is 0 Å².